The van der Waals surface area contributed by atoms with E-state index < -0.39 is 0 Å². The van der Waals surface area contributed by atoms with Crippen molar-refractivity contribution in [3.8, 4) is 5.75 Å². The highest BCUT2D eigenvalue weighted by Crippen LogP contribution is 2.18. The number of nitrogens with zero attached hydrogens (tertiary/aromatic N) is 2. The molecule has 0 radical (unpaired) electrons. The van der Waals surface area contributed by atoms with Gasteiger partial charge in [-0.25, -0.2) is 0 Å². The number of Topliss-reactive ketones (excluding diaryl/α,β-unsaturated/α-hetero) is 1. The van der Waals surface area contributed by atoms with Crippen molar-refractivity contribution in [2.75, 3.05) is 39.3 Å². The van der Waals surface area contributed by atoms with Crippen molar-refractivity contribution in [1.82, 2.24) is 9.80 Å². The topological polar surface area (TPSA) is 49.9 Å². The lowest BCUT2D eigenvalue weighted by atomic mass is 9.96. The zero-order valence-corrected chi connectivity index (χ0v) is 16.9. The van der Waals surface area contributed by atoms with Gasteiger partial charge in [-0.3, -0.25) is 14.5 Å². The predicted molar refractivity (Wildman–Crippen MR) is 110 cm³/mol. The van der Waals surface area contributed by atoms with Crippen molar-refractivity contribution in [2.24, 2.45) is 0 Å². The van der Waals surface area contributed by atoms with Crippen molar-refractivity contribution in [1.29, 1.82) is 0 Å². The van der Waals surface area contributed by atoms with Crippen molar-refractivity contribution in [2.45, 2.75) is 20.8 Å². The van der Waals surface area contributed by atoms with Crippen LogP contribution in [0.5, 0.6) is 5.75 Å². The van der Waals surface area contributed by atoms with Crippen LogP contribution in [0, 0.1) is 20.8 Å². The van der Waals surface area contributed by atoms with Crippen LogP contribution in [0.3, 0.4) is 0 Å². The number of benzene rings is 2. The van der Waals surface area contributed by atoms with E-state index in [0.29, 0.717) is 38.5 Å². The molecule has 0 spiro atoms. The largest absolute Gasteiger partial charge is 0.484 e. The SMILES string of the molecule is Cc1cc(C)c(C(=O)CN2CCN(C(=O)COc3ccccc3)CC2)c(C)c1. The predicted octanol–water partition coefficient (Wildman–Crippen LogP) is 3.02. The van der Waals surface area contributed by atoms with Gasteiger partial charge in [-0.05, 0) is 44.0 Å². The summed E-state index contributed by atoms with van der Waals surface area (Å²) in [6.45, 7) is 9.13. The number of para-hydroxylation sites is 1. The van der Waals surface area contributed by atoms with Crippen molar-refractivity contribution < 1.29 is 14.3 Å². The van der Waals surface area contributed by atoms with Gasteiger partial charge in [0.1, 0.15) is 5.75 Å². The van der Waals surface area contributed by atoms with Crippen molar-refractivity contribution in [3.63, 3.8) is 0 Å². The Bertz CT molecular complexity index is 817. The van der Waals surface area contributed by atoms with Crippen molar-refractivity contribution in [3.05, 3.63) is 64.7 Å². The number of carbonyl (C=O) groups is 2. The highest BCUT2D eigenvalue weighted by Gasteiger charge is 2.24. The molecular formula is C23H28N2O3. The second-order valence-corrected chi connectivity index (χ2v) is 7.46. The lowest BCUT2D eigenvalue weighted by Crippen LogP contribution is -2.51. The fourth-order valence-electron chi connectivity index (χ4n) is 3.81. The normalized spacial score (nSPS) is 14.8. The number of amides is 1. The van der Waals surface area contributed by atoms with Crippen LogP contribution >= 0.6 is 0 Å². The maximum absolute atomic E-state index is 12.8. The molecule has 0 atom stereocenters. The van der Waals surface area contributed by atoms with Gasteiger partial charge in [-0.2, -0.15) is 0 Å². The number of aryl methyl sites for hydroxylation is 3. The zero-order valence-electron chi connectivity index (χ0n) is 16.9. The first-order chi connectivity index (χ1) is 13.4. The molecule has 0 N–H and O–H groups in total. The highest BCUT2D eigenvalue weighted by atomic mass is 16.5. The van der Waals surface area contributed by atoms with E-state index in [1.54, 1.807) is 0 Å². The van der Waals surface area contributed by atoms with Gasteiger partial charge in [0.05, 0.1) is 6.54 Å². The number of hydrogen-bond donors (Lipinski definition) is 0. The summed E-state index contributed by atoms with van der Waals surface area (Å²) < 4.78 is 5.55. The zero-order chi connectivity index (χ0) is 20.1. The molecule has 5 nitrogen and oxygen atoms in total. The van der Waals surface area contributed by atoms with E-state index in [4.69, 9.17) is 4.74 Å². The third-order valence-corrected chi connectivity index (χ3v) is 5.15. The minimum Gasteiger partial charge on any atom is -0.484 e. The van der Waals surface area contributed by atoms with Gasteiger partial charge in [-0.15, -0.1) is 0 Å². The average molecular weight is 380 g/mol. The molecule has 1 saturated heterocycles. The maximum atomic E-state index is 12.8. The number of hydrogen-bond acceptors (Lipinski definition) is 4. The maximum Gasteiger partial charge on any atom is 0.260 e. The molecular weight excluding hydrogens is 352 g/mol. The molecule has 0 saturated carbocycles. The smallest absolute Gasteiger partial charge is 0.260 e. The summed E-state index contributed by atoms with van der Waals surface area (Å²) in [5.74, 6) is 0.839. The summed E-state index contributed by atoms with van der Waals surface area (Å²) in [6.07, 6.45) is 0. The van der Waals surface area contributed by atoms with E-state index in [9.17, 15) is 9.59 Å². The van der Waals surface area contributed by atoms with Gasteiger partial charge in [0.15, 0.2) is 12.4 Å². The van der Waals surface area contributed by atoms with Crippen LogP contribution in [0.25, 0.3) is 0 Å². The Labute approximate surface area is 166 Å². The monoisotopic (exact) mass is 380 g/mol. The van der Waals surface area contributed by atoms with Crippen LogP contribution in [-0.2, 0) is 4.79 Å². The third-order valence-electron chi connectivity index (χ3n) is 5.15. The second kappa shape index (κ2) is 9.02. The number of carbonyl (C=O) groups excluding carboxylic acids is 2. The Morgan fingerprint density at radius 1 is 0.929 bits per heavy atom. The van der Waals surface area contributed by atoms with Gasteiger partial charge >= 0.3 is 0 Å². The summed E-state index contributed by atoms with van der Waals surface area (Å²) in [5.41, 5.74) is 4.08. The molecule has 0 bridgehead atoms. The van der Waals surface area contributed by atoms with Gasteiger partial charge in [-0.1, -0.05) is 35.9 Å². The molecule has 148 valence electrons. The second-order valence-electron chi connectivity index (χ2n) is 7.46. The molecule has 1 heterocycles. The molecule has 1 fully saturated rings. The summed E-state index contributed by atoms with van der Waals surface area (Å²) >= 11 is 0. The van der Waals surface area contributed by atoms with Gasteiger partial charge < -0.3 is 9.64 Å². The van der Waals surface area contributed by atoms with Crippen LogP contribution in [0.1, 0.15) is 27.0 Å². The van der Waals surface area contributed by atoms with E-state index in [1.807, 2.05) is 56.0 Å². The molecule has 2 aromatic rings. The Morgan fingerprint density at radius 3 is 2.14 bits per heavy atom. The Hall–Kier alpha value is -2.66. The van der Waals surface area contributed by atoms with E-state index in [-0.39, 0.29) is 18.3 Å². The summed E-state index contributed by atoms with van der Waals surface area (Å²) in [6, 6.07) is 13.5. The summed E-state index contributed by atoms with van der Waals surface area (Å²) in [4.78, 5) is 29.1. The molecule has 28 heavy (non-hydrogen) atoms. The molecule has 0 aromatic heterocycles. The van der Waals surface area contributed by atoms with Crippen LogP contribution in [0.2, 0.25) is 0 Å². The standard InChI is InChI=1S/C23H28N2O3/c1-17-13-18(2)23(19(3)14-17)21(26)15-24-9-11-25(12-10-24)22(27)16-28-20-7-5-4-6-8-20/h4-8,13-14H,9-12,15-16H2,1-3H3. The van der Waals surface area contributed by atoms with Crippen molar-refractivity contribution >= 4 is 11.7 Å². The molecule has 1 aliphatic heterocycles. The Morgan fingerprint density at radius 2 is 1.54 bits per heavy atom. The molecule has 5 heteroatoms. The molecule has 0 unspecified atom stereocenters. The number of rotatable bonds is 6. The quantitative estimate of drug-likeness (QED) is 0.723. The number of ketones is 1. The number of ether oxygens (including phenoxy) is 1. The Kier molecular flexibility index (Phi) is 6.47. The Balaban J connectivity index is 1.49. The first kappa shape index (κ1) is 20.1. The van der Waals surface area contributed by atoms with Gasteiger partial charge in [0.2, 0.25) is 0 Å². The third kappa shape index (κ3) is 4.98. The molecule has 0 aliphatic carbocycles. The molecule has 3 rings (SSSR count). The van der Waals surface area contributed by atoms with Crippen LogP contribution in [0.4, 0.5) is 0 Å². The van der Waals surface area contributed by atoms with Gasteiger partial charge in [0.25, 0.3) is 5.91 Å². The van der Waals surface area contributed by atoms with Gasteiger partial charge in [0, 0.05) is 31.7 Å². The first-order valence-corrected chi connectivity index (χ1v) is 9.73. The fourth-order valence-corrected chi connectivity index (χ4v) is 3.81. The number of piperazine rings is 1. The van der Waals surface area contributed by atoms with Crippen LogP contribution in [0.15, 0.2) is 42.5 Å². The molecule has 1 amide bonds. The first-order valence-electron chi connectivity index (χ1n) is 9.73. The highest BCUT2D eigenvalue weighted by molar-refractivity contribution is 6.00. The summed E-state index contributed by atoms with van der Waals surface area (Å²) in [7, 11) is 0. The van der Waals surface area contributed by atoms with E-state index >= 15 is 0 Å². The van der Waals surface area contributed by atoms with E-state index in [2.05, 4.69) is 17.0 Å². The average Bonchev–Trinajstić information content (AvgIpc) is 2.66. The minimum absolute atomic E-state index is 0.0138. The fraction of sp³-hybridized carbons (Fsp3) is 0.391. The minimum atomic E-state index is -0.0138. The lowest BCUT2D eigenvalue weighted by Gasteiger charge is -2.34. The van der Waals surface area contributed by atoms with Crippen LogP contribution in [-0.4, -0.2) is 60.8 Å². The molecule has 2 aromatic carbocycles. The lowest BCUT2D eigenvalue weighted by molar-refractivity contribution is -0.135. The molecule has 1 aliphatic rings. The van der Waals surface area contributed by atoms with E-state index in [1.165, 1.54) is 5.56 Å². The van der Waals surface area contributed by atoms with Crippen LogP contribution < -0.4 is 4.74 Å². The van der Waals surface area contributed by atoms with E-state index in [0.717, 1.165) is 16.7 Å². The summed E-state index contributed by atoms with van der Waals surface area (Å²) in [5, 5.41) is 0.